The Morgan fingerprint density at radius 2 is 2.25 bits per heavy atom. The fourth-order valence-corrected chi connectivity index (χ4v) is 1.71. The number of nitrogens with zero attached hydrogens (tertiary/aromatic N) is 3. The Bertz CT molecular complexity index is 447. The molecule has 86 valence electrons. The van der Waals surface area contributed by atoms with Crippen LogP contribution in [0.4, 0.5) is 5.82 Å². The zero-order chi connectivity index (χ0) is 11.4. The molecule has 0 aliphatic heterocycles. The summed E-state index contributed by atoms with van der Waals surface area (Å²) in [6.07, 6.45) is 7.83. The zero-order valence-corrected chi connectivity index (χ0v) is 9.85. The summed E-state index contributed by atoms with van der Waals surface area (Å²) in [5.41, 5.74) is 1.03. The highest BCUT2D eigenvalue weighted by Gasteiger charge is 2.01. The van der Waals surface area contributed by atoms with Crippen molar-refractivity contribution in [2.75, 3.05) is 11.9 Å². The Morgan fingerprint density at radius 1 is 1.38 bits per heavy atom. The Kier molecular flexibility index (Phi) is 3.39. The molecule has 0 aromatic carbocycles. The fourth-order valence-electron chi connectivity index (χ4n) is 1.71. The van der Waals surface area contributed by atoms with Gasteiger partial charge in [-0.05, 0) is 24.8 Å². The maximum absolute atomic E-state index is 4.32. The second-order valence-electron chi connectivity index (χ2n) is 4.40. The van der Waals surface area contributed by atoms with Crippen molar-refractivity contribution >= 4 is 11.3 Å². The predicted octanol–water partition coefficient (Wildman–Crippen LogP) is 2.58. The van der Waals surface area contributed by atoms with Crippen LogP contribution in [0.5, 0.6) is 0 Å². The van der Waals surface area contributed by atoms with Gasteiger partial charge in [-0.1, -0.05) is 13.8 Å². The van der Waals surface area contributed by atoms with Crippen molar-refractivity contribution in [2.24, 2.45) is 5.92 Å². The SMILES string of the molecule is CC(C)CCCNc1nccn2nccc12. The summed E-state index contributed by atoms with van der Waals surface area (Å²) >= 11 is 0. The molecule has 0 radical (unpaired) electrons. The molecule has 2 rings (SSSR count). The number of nitrogens with one attached hydrogen (secondary N) is 1. The summed E-state index contributed by atoms with van der Waals surface area (Å²) in [6, 6.07) is 1.97. The predicted molar refractivity (Wildman–Crippen MR) is 65.5 cm³/mol. The number of rotatable bonds is 5. The van der Waals surface area contributed by atoms with E-state index in [-0.39, 0.29) is 0 Å². The summed E-state index contributed by atoms with van der Waals surface area (Å²) in [5.74, 6) is 1.68. The Labute approximate surface area is 95.7 Å². The topological polar surface area (TPSA) is 42.2 Å². The summed E-state index contributed by atoms with van der Waals surface area (Å²) in [7, 11) is 0. The number of hydrogen-bond donors (Lipinski definition) is 1. The Balaban J connectivity index is 1.96. The van der Waals surface area contributed by atoms with Crippen molar-refractivity contribution in [3.05, 3.63) is 24.7 Å². The molecule has 0 aliphatic carbocycles. The minimum Gasteiger partial charge on any atom is -0.368 e. The van der Waals surface area contributed by atoms with E-state index < -0.39 is 0 Å². The maximum Gasteiger partial charge on any atom is 0.152 e. The summed E-state index contributed by atoms with van der Waals surface area (Å²) in [6.45, 7) is 5.46. The van der Waals surface area contributed by atoms with Gasteiger partial charge in [0.05, 0.1) is 6.20 Å². The maximum atomic E-state index is 4.32. The van der Waals surface area contributed by atoms with Crippen LogP contribution in [-0.2, 0) is 0 Å². The Hall–Kier alpha value is -1.58. The zero-order valence-electron chi connectivity index (χ0n) is 9.85. The van der Waals surface area contributed by atoms with Gasteiger partial charge in [-0.25, -0.2) is 9.50 Å². The first-order valence-corrected chi connectivity index (χ1v) is 5.79. The first kappa shape index (κ1) is 10.9. The van der Waals surface area contributed by atoms with Crippen molar-refractivity contribution in [1.82, 2.24) is 14.6 Å². The van der Waals surface area contributed by atoms with Crippen LogP contribution in [0, 0.1) is 5.92 Å². The van der Waals surface area contributed by atoms with Gasteiger partial charge in [0, 0.05) is 18.9 Å². The van der Waals surface area contributed by atoms with Crippen molar-refractivity contribution in [3.8, 4) is 0 Å². The molecule has 2 aromatic rings. The van der Waals surface area contributed by atoms with Crippen LogP contribution in [0.2, 0.25) is 0 Å². The monoisotopic (exact) mass is 218 g/mol. The average Bonchev–Trinajstić information content (AvgIpc) is 2.72. The molecule has 2 aromatic heterocycles. The van der Waals surface area contributed by atoms with Gasteiger partial charge in [0.2, 0.25) is 0 Å². The second kappa shape index (κ2) is 4.96. The van der Waals surface area contributed by atoms with Crippen LogP contribution < -0.4 is 5.32 Å². The number of aromatic nitrogens is 3. The van der Waals surface area contributed by atoms with Gasteiger partial charge in [0.25, 0.3) is 0 Å². The van der Waals surface area contributed by atoms with Crippen LogP contribution in [0.3, 0.4) is 0 Å². The van der Waals surface area contributed by atoms with Gasteiger partial charge < -0.3 is 5.32 Å². The molecule has 0 amide bonds. The van der Waals surface area contributed by atoms with Gasteiger partial charge in [0.15, 0.2) is 5.82 Å². The molecule has 2 heterocycles. The highest BCUT2D eigenvalue weighted by Crippen LogP contribution is 2.12. The fraction of sp³-hybridized carbons (Fsp3) is 0.500. The van der Waals surface area contributed by atoms with E-state index in [0.717, 1.165) is 23.8 Å². The first-order valence-electron chi connectivity index (χ1n) is 5.79. The minimum atomic E-state index is 0.764. The standard InChI is InChI=1S/C12H18N4/c1-10(2)4-3-6-13-12-11-5-7-15-16(11)9-8-14-12/h5,7-10H,3-4,6H2,1-2H3,(H,13,14). The molecular formula is C12H18N4. The molecule has 0 saturated carbocycles. The number of anilines is 1. The van der Waals surface area contributed by atoms with E-state index in [9.17, 15) is 0 Å². The molecular weight excluding hydrogens is 200 g/mol. The summed E-state index contributed by atoms with van der Waals surface area (Å²) < 4.78 is 1.83. The van der Waals surface area contributed by atoms with Gasteiger partial charge in [-0.3, -0.25) is 0 Å². The molecule has 0 spiro atoms. The molecule has 0 aliphatic rings. The lowest BCUT2D eigenvalue weighted by molar-refractivity contribution is 0.567. The second-order valence-corrected chi connectivity index (χ2v) is 4.40. The normalized spacial score (nSPS) is 11.2. The minimum absolute atomic E-state index is 0.764. The van der Waals surface area contributed by atoms with Crippen molar-refractivity contribution in [3.63, 3.8) is 0 Å². The third-order valence-corrected chi connectivity index (χ3v) is 2.58. The van der Waals surface area contributed by atoms with Gasteiger partial charge in [-0.2, -0.15) is 5.10 Å². The van der Waals surface area contributed by atoms with E-state index in [1.165, 1.54) is 12.8 Å². The van der Waals surface area contributed by atoms with Gasteiger partial charge >= 0.3 is 0 Å². The van der Waals surface area contributed by atoms with Crippen LogP contribution in [-0.4, -0.2) is 21.1 Å². The van der Waals surface area contributed by atoms with E-state index in [0.29, 0.717) is 0 Å². The number of hydrogen-bond acceptors (Lipinski definition) is 3. The van der Waals surface area contributed by atoms with E-state index in [2.05, 4.69) is 29.2 Å². The highest BCUT2D eigenvalue weighted by atomic mass is 15.2. The van der Waals surface area contributed by atoms with Crippen molar-refractivity contribution < 1.29 is 0 Å². The Morgan fingerprint density at radius 3 is 3.06 bits per heavy atom. The molecule has 0 fully saturated rings. The average molecular weight is 218 g/mol. The number of fused-ring (bicyclic) bond motifs is 1. The lowest BCUT2D eigenvalue weighted by Gasteiger charge is -2.07. The van der Waals surface area contributed by atoms with Gasteiger partial charge in [-0.15, -0.1) is 0 Å². The molecule has 0 bridgehead atoms. The van der Waals surface area contributed by atoms with Crippen LogP contribution >= 0.6 is 0 Å². The molecule has 4 heteroatoms. The first-order chi connectivity index (χ1) is 7.77. The van der Waals surface area contributed by atoms with E-state index in [1.807, 2.05) is 16.8 Å². The van der Waals surface area contributed by atoms with Gasteiger partial charge in [0.1, 0.15) is 5.52 Å². The molecule has 0 unspecified atom stereocenters. The third-order valence-electron chi connectivity index (χ3n) is 2.58. The van der Waals surface area contributed by atoms with E-state index in [4.69, 9.17) is 0 Å². The van der Waals surface area contributed by atoms with E-state index in [1.54, 1.807) is 12.4 Å². The molecule has 16 heavy (non-hydrogen) atoms. The summed E-state index contributed by atoms with van der Waals surface area (Å²) in [4.78, 5) is 4.32. The largest absolute Gasteiger partial charge is 0.368 e. The molecule has 4 nitrogen and oxygen atoms in total. The smallest absolute Gasteiger partial charge is 0.152 e. The lowest BCUT2D eigenvalue weighted by atomic mass is 10.1. The highest BCUT2D eigenvalue weighted by molar-refractivity contribution is 5.66. The van der Waals surface area contributed by atoms with Crippen LogP contribution in [0.25, 0.3) is 5.52 Å². The van der Waals surface area contributed by atoms with Crippen LogP contribution in [0.1, 0.15) is 26.7 Å². The molecule has 0 saturated heterocycles. The van der Waals surface area contributed by atoms with E-state index >= 15 is 0 Å². The molecule has 0 atom stereocenters. The van der Waals surface area contributed by atoms with Crippen LogP contribution in [0.15, 0.2) is 24.7 Å². The van der Waals surface area contributed by atoms with Crippen molar-refractivity contribution in [2.45, 2.75) is 26.7 Å². The molecule has 1 N–H and O–H groups in total. The lowest BCUT2D eigenvalue weighted by Crippen LogP contribution is -2.06. The van der Waals surface area contributed by atoms with Crippen molar-refractivity contribution in [1.29, 1.82) is 0 Å². The third kappa shape index (κ3) is 2.51. The summed E-state index contributed by atoms with van der Waals surface area (Å²) in [5, 5.41) is 7.53. The quantitative estimate of drug-likeness (QED) is 0.784.